The Bertz CT molecular complexity index is 620. The number of anilines is 2. The molecule has 1 fully saturated rings. The minimum atomic E-state index is 0.130. The fourth-order valence-corrected chi connectivity index (χ4v) is 4.43. The quantitative estimate of drug-likeness (QED) is 0.753. The highest BCUT2D eigenvalue weighted by atomic mass is 35.5. The van der Waals surface area contributed by atoms with Crippen LogP contribution in [0.15, 0.2) is 30.3 Å². The molecule has 1 N–H and O–H groups in total. The number of nitrogens with one attached hydrogen (secondary N) is 1. The molecular formula is C16H18Cl2N2S. The highest BCUT2D eigenvalue weighted by Gasteiger charge is 2.18. The number of hydrogen-bond donors (Lipinski definition) is 1. The van der Waals surface area contributed by atoms with Crippen LogP contribution in [0.3, 0.4) is 0 Å². The van der Waals surface area contributed by atoms with Crippen molar-refractivity contribution < 1.29 is 0 Å². The van der Waals surface area contributed by atoms with Crippen molar-refractivity contribution >= 4 is 45.9 Å². The third kappa shape index (κ3) is 3.31. The molecule has 1 aliphatic rings. The summed E-state index contributed by atoms with van der Waals surface area (Å²) < 4.78 is 1.50. The number of para-hydroxylation sites is 2. The lowest BCUT2D eigenvalue weighted by molar-refractivity contribution is 0.883. The Balaban J connectivity index is 1.82. The van der Waals surface area contributed by atoms with E-state index in [1.54, 1.807) is 0 Å². The van der Waals surface area contributed by atoms with Gasteiger partial charge in [0.05, 0.1) is 26.1 Å². The van der Waals surface area contributed by atoms with E-state index >= 15 is 0 Å². The van der Waals surface area contributed by atoms with Crippen LogP contribution in [0.4, 0.5) is 11.4 Å². The number of benzene rings is 1. The van der Waals surface area contributed by atoms with Gasteiger partial charge in [-0.15, -0.1) is 11.3 Å². The largest absolute Gasteiger partial charge is 0.377 e. The van der Waals surface area contributed by atoms with Gasteiger partial charge < -0.3 is 10.2 Å². The van der Waals surface area contributed by atoms with Crippen LogP contribution in [0.25, 0.3) is 0 Å². The molecule has 112 valence electrons. The maximum atomic E-state index is 6.26. The van der Waals surface area contributed by atoms with Crippen molar-refractivity contribution in [3.8, 4) is 0 Å². The van der Waals surface area contributed by atoms with E-state index in [1.165, 1.54) is 29.9 Å². The average Bonchev–Trinajstić information content (AvgIpc) is 3.09. The van der Waals surface area contributed by atoms with E-state index < -0.39 is 0 Å². The fourth-order valence-electron chi connectivity index (χ4n) is 2.79. The Kier molecular flexibility index (Phi) is 4.63. The van der Waals surface area contributed by atoms with Gasteiger partial charge >= 0.3 is 0 Å². The number of nitrogens with zero attached hydrogens (tertiary/aromatic N) is 1. The van der Waals surface area contributed by atoms with Gasteiger partial charge in [-0.25, -0.2) is 0 Å². The van der Waals surface area contributed by atoms with Gasteiger partial charge in [0.15, 0.2) is 0 Å². The van der Waals surface area contributed by atoms with E-state index in [4.69, 9.17) is 23.2 Å². The van der Waals surface area contributed by atoms with Crippen LogP contribution < -0.4 is 10.2 Å². The van der Waals surface area contributed by atoms with Crippen molar-refractivity contribution in [1.82, 2.24) is 0 Å². The molecule has 0 amide bonds. The van der Waals surface area contributed by atoms with Gasteiger partial charge in [0.2, 0.25) is 0 Å². The highest BCUT2D eigenvalue weighted by molar-refractivity contribution is 7.20. The van der Waals surface area contributed by atoms with Crippen LogP contribution >= 0.6 is 34.5 Å². The fraction of sp³-hybridized carbons (Fsp3) is 0.375. The first-order chi connectivity index (χ1) is 10.1. The summed E-state index contributed by atoms with van der Waals surface area (Å²) in [5.41, 5.74) is 3.49. The smallest absolute Gasteiger partial charge is 0.0996 e. The lowest BCUT2D eigenvalue weighted by Gasteiger charge is -2.24. The summed E-state index contributed by atoms with van der Waals surface area (Å²) >= 11 is 13.7. The van der Waals surface area contributed by atoms with E-state index in [9.17, 15) is 0 Å². The van der Waals surface area contributed by atoms with Crippen molar-refractivity contribution in [1.29, 1.82) is 0 Å². The third-order valence-electron chi connectivity index (χ3n) is 3.87. The molecule has 0 aliphatic carbocycles. The molecule has 1 aromatic heterocycles. The highest BCUT2D eigenvalue weighted by Crippen LogP contribution is 2.37. The Labute approximate surface area is 139 Å². The van der Waals surface area contributed by atoms with E-state index in [2.05, 4.69) is 41.4 Å². The molecule has 0 radical (unpaired) electrons. The van der Waals surface area contributed by atoms with Crippen LogP contribution in [-0.4, -0.2) is 13.1 Å². The molecule has 5 heteroatoms. The van der Waals surface area contributed by atoms with Gasteiger partial charge in [-0.2, -0.15) is 0 Å². The minimum Gasteiger partial charge on any atom is -0.377 e. The molecule has 1 unspecified atom stereocenters. The second-order valence-electron chi connectivity index (χ2n) is 5.36. The Morgan fingerprint density at radius 3 is 2.57 bits per heavy atom. The van der Waals surface area contributed by atoms with Crippen LogP contribution in [0.2, 0.25) is 8.67 Å². The van der Waals surface area contributed by atoms with E-state index in [1.807, 2.05) is 6.07 Å². The minimum absolute atomic E-state index is 0.130. The molecule has 2 nitrogen and oxygen atoms in total. The number of rotatable bonds is 4. The zero-order chi connectivity index (χ0) is 14.8. The molecule has 3 rings (SSSR count). The third-order valence-corrected chi connectivity index (χ3v) is 5.39. The van der Waals surface area contributed by atoms with Crippen molar-refractivity contribution in [3.63, 3.8) is 0 Å². The molecule has 2 heterocycles. The lowest BCUT2D eigenvalue weighted by atomic mass is 10.1. The van der Waals surface area contributed by atoms with Crippen molar-refractivity contribution in [3.05, 3.63) is 44.6 Å². The lowest BCUT2D eigenvalue weighted by Crippen LogP contribution is -2.19. The number of hydrogen-bond acceptors (Lipinski definition) is 3. The maximum Gasteiger partial charge on any atom is 0.0996 e. The molecule has 1 aromatic carbocycles. The van der Waals surface area contributed by atoms with Gasteiger partial charge in [-0.1, -0.05) is 35.3 Å². The van der Waals surface area contributed by atoms with Crippen molar-refractivity contribution in [2.45, 2.75) is 25.8 Å². The molecule has 1 saturated heterocycles. The van der Waals surface area contributed by atoms with Gasteiger partial charge in [-0.05, 0) is 38.0 Å². The second kappa shape index (κ2) is 6.47. The normalized spacial score (nSPS) is 16.2. The number of halogens is 2. The number of thiophene rings is 1. The molecule has 1 atom stereocenters. The summed E-state index contributed by atoms with van der Waals surface area (Å²) in [5.74, 6) is 0. The van der Waals surface area contributed by atoms with Crippen LogP contribution in [0.1, 0.15) is 31.4 Å². The van der Waals surface area contributed by atoms with E-state index in [0.29, 0.717) is 0 Å². The zero-order valence-electron chi connectivity index (χ0n) is 11.9. The van der Waals surface area contributed by atoms with Gasteiger partial charge in [0.1, 0.15) is 0 Å². The monoisotopic (exact) mass is 340 g/mol. The predicted molar refractivity (Wildman–Crippen MR) is 94.3 cm³/mol. The SMILES string of the molecule is CC(Nc1ccccc1N1CCCC1)c1cc(Cl)sc1Cl. The first kappa shape index (κ1) is 15.0. The Morgan fingerprint density at radius 1 is 1.19 bits per heavy atom. The standard InChI is InChI=1S/C16H18Cl2N2S/c1-11(12-10-15(17)21-16(12)18)19-13-6-2-3-7-14(13)20-8-4-5-9-20/h2-3,6-7,10-11,19H,4-5,8-9H2,1H3. The average molecular weight is 341 g/mol. The summed E-state index contributed by atoms with van der Waals surface area (Å²) in [6, 6.07) is 10.6. The Morgan fingerprint density at radius 2 is 1.90 bits per heavy atom. The van der Waals surface area contributed by atoms with Crippen molar-refractivity contribution in [2.75, 3.05) is 23.3 Å². The summed E-state index contributed by atoms with van der Waals surface area (Å²) in [6.07, 6.45) is 2.55. The second-order valence-corrected chi connectivity index (χ2v) is 7.64. The van der Waals surface area contributed by atoms with E-state index in [-0.39, 0.29) is 6.04 Å². The molecule has 0 saturated carbocycles. The van der Waals surface area contributed by atoms with Gasteiger partial charge in [-0.3, -0.25) is 0 Å². The zero-order valence-corrected chi connectivity index (χ0v) is 14.2. The topological polar surface area (TPSA) is 15.3 Å². The summed E-state index contributed by atoms with van der Waals surface area (Å²) in [7, 11) is 0. The van der Waals surface area contributed by atoms with Gasteiger partial charge in [0, 0.05) is 18.7 Å². The maximum absolute atomic E-state index is 6.26. The van der Waals surface area contributed by atoms with Crippen LogP contribution in [-0.2, 0) is 0 Å². The van der Waals surface area contributed by atoms with Gasteiger partial charge in [0.25, 0.3) is 0 Å². The predicted octanol–water partition coefficient (Wildman–Crippen LogP) is 5.83. The molecular weight excluding hydrogens is 323 g/mol. The first-order valence-electron chi connectivity index (χ1n) is 7.20. The molecule has 0 bridgehead atoms. The molecule has 21 heavy (non-hydrogen) atoms. The summed E-state index contributed by atoms with van der Waals surface area (Å²) in [6.45, 7) is 4.39. The molecule has 1 aliphatic heterocycles. The van der Waals surface area contributed by atoms with Crippen molar-refractivity contribution in [2.24, 2.45) is 0 Å². The Hall–Kier alpha value is -0.900. The molecule has 2 aromatic rings. The first-order valence-corrected chi connectivity index (χ1v) is 8.77. The molecule has 0 spiro atoms. The summed E-state index contributed by atoms with van der Waals surface area (Å²) in [4.78, 5) is 2.44. The van der Waals surface area contributed by atoms with Crippen LogP contribution in [0.5, 0.6) is 0 Å². The van der Waals surface area contributed by atoms with E-state index in [0.717, 1.165) is 33.0 Å². The summed E-state index contributed by atoms with van der Waals surface area (Å²) in [5, 5.41) is 3.58. The van der Waals surface area contributed by atoms with Crippen LogP contribution in [0, 0.1) is 0 Å².